The van der Waals surface area contributed by atoms with Crippen molar-refractivity contribution >= 4 is 5.91 Å². The summed E-state index contributed by atoms with van der Waals surface area (Å²) in [7, 11) is 1.72. The predicted octanol–water partition coefficient (Wildman–Crippen LogP) is 1.16. The summed E-state index contributed by atoms with van der Waals surface area (Å²) in [6.45, 7) is 4.06. The first-order chi connectivity index (χ1) is 5.63. The monoisotopic (exact) mass is 170 g/mol. The second-order valence-electron chi connectivity index (χ2n) is 2.87. The molecule has 3 N–H and O–H groups in total. The van der Waals surface area contributed by atoms with Gasteiger partial charge in [0.05, 0.1) is 5.70 Å². The Bertz CT molecular complexity index is 185. The zero-order valence-corrected chi connectivity index (χ0v) is 8.11. The fourth-order valence-corrected chi connectivity index (χ4v) is 1.11. The average molecular weight is 170 g/mol. The maximum Gasteiger partial charge on any atom is 0.264 e. The maximum absolute atomic E-state index is 10.8. The van der Waals surface area contributed by atoms with Crippen molar-refractivity contribution in [3.63, 3.8) is 0 Å². The van der Waals surface area contributed by atoms with Crippen molar-refractivity contribution in [3.05, 3.63) is 11.3 Å². The molecule has 0 spiro atoms. The number of rotatable bonds is 5. The molecule has 0 aromatic carbocycles. The van der Waals surface area contributed by atoms with Gasteiger partial charge in [-0.2, -0.15) is 0 Å². The minimum absolute atomic E-state index is 0.369. The van der Waals surface area contributed by atoms with E-state index in [1.165, 1.54) is 0 Å². The van der Waals surface area contributed by atoms with Gasteiger partial charge in [0.15, 0.2) is 0 Å². The molecule has 0 atom stereocenters. The van der Waals surface area contributed by atoms with Gasteiger partial charge in [0.25, 0.3) is 5.91 Å². The van der Waals surface area contributed by atoms with E-state index in [0.717, 1.165) is 24.8 Å². The van der Waals surface area contributed by atoms with Crippen LogP contribution in [0.4, 0.5) is 0 Å². The summed E-state index contributed by atoms with van der Waals surface area (Å²) in [5, 5.41) is 2.82. The van der Waals surface area contributed by atoms with Gasteiger partial charge in [-0.3, -0.25) is 4.79 Å². The lowest BCUT2D eigenvalue weighted by molar-refractivity contribution is -0.114. The number of hydrogen-bond acceptors (Lipinski definition) is 2. The highest BCUT2D eigenvalue weighted by atomic mass is 16.1. The number of likely N-dealkylation sites (N-methyl/N-ethyl adjacent to an activating group) is 1. The molecule has 0 heterocycles. The molecule has 0 aromatic heterocycles. The topological polar surface area (TPSA) is 55.1 Å². The molecule has 0 saturated carbocycles. The third kappa shape index (κ3) is 3.42. The summed E-state index contributed by atoms with van der Waals surface area (Å²) in [4.78, 5) is 10.8. The van der Waals surface area contributed by atoms with E-state index in [9.17, 15) is 4.79 Å². The molecule has 0 unspecified atom stereocenters. The third-order valence-electron chi connectivity index (χ3n) is 1.83. The fourth-order valence-electron chi connectivity index (χ4n) is 1.11. The van der Waals surface area contributed by atoms with Crippen LogP contribution in [0.15, 0.2) is 11.3 Å². The number of carbonyl (C=O) groups excluding carboxylic acids is 1. The lowest BCUT2D eigenvalue weighted by Gasteiger charge is -2.07. The van der Waals surface area contributed by atoms with Gasteiger partial charge < -0.3 is 11.1 Å². The van der Waals surface area contributed by atoms with Crippen LogP contribution < -0.4 is 11.1 Å². The van der Waals surface area contributed by atoms with Crippen molar-refractivity contribution in [2.24, 2.45) is 5.73 Å². The summed E-state index contributed by atoms with van der Waals surface area (Å²) < 4.78 is 0. The van der Waals surface area contributed by atoms with Crippen LogP contribution in [0.5, 0.6) is 0 Å². The van der Waals surface area contributed by atoms with Gasteiger partial charge in [0, 0.05) is 7.05 Å². The van der Waals surface area contributed by atoms with Crippen molar-refractivity contribution < 1.29 is 4.79 Å². The Morgan fingerprint density at radius 1 is 1.50 bits per heavy atom. The van der Waals surface area contributed by atoms with Crippen molar-refractivity contribution in [2.45, 2.75) is 33.1 Å². The van der Waals surface area contributed by atoms with E-state index < -0.39 is 0 Å². The van der Waals surface area contributed by atoms with Crippen LogP contribution in [-0.2, 0) is 4.79 Å². The molecule has 0 radical (unpaired) electrons. The average Bonchev–Trinajstić information content (AvgIpc) is 2.01. The Labute approximate surface area is 74.0 Å². The normalized spacial score (nSPS) is 12.2. The first-order valence-electron chi connectivity index (χ1n) is 4.30. The minimum atomic E-state index is -0.369. The van der Waals surface area contributed by atoms with E-state index in [2.05, 4.69) is 12.2 Å². The number of unbranched alkanes of at least 4 members (excludes halogenated alkanes) is 1. The molecular weight excluding hydrogens is 152 g/mol. The summed E-state index contributed by atoms with van der Waals surface area (Å²) >= 11 is 0. The van der Waals surface area contributed by atoms with E-state index in [0.29, 0.717) is 5.70 Å². The van der Waals surface area contributed by atoms with Crippen molar-refractivity contribution in [1.29, 1.82) is 0 Å². The predicted molar refractivity (Wildman–Crippen MR) is 50.5 cm³/mol. The Morgan fingerprint density at radius 2 is 2.08 bits per heavy atom. The van der Waals surface area contributed by atoms with Crippen LogP contribution in [0.25, 0.3) is 0 Å². The van der Waals surface area contributed by atoms with Gasteiger partial charge in [-0.25, -0.2) is 0 Å². The molecule has 70 valence electrons. The molecule has 0 aromatic rings. The zero-order valence-electron chi connectivity index (χ0n) is 8.11. The van der Waals surface area contributed by atoms with Crippen LogP contribution in [0.1, 0.15) is 33.1 Å². The molecule has 12 heavy (non-hydrogen) atoms. The van der Waals surface area contributed by atoms with Gasteiger partial charge in [0.2, 0.25) is 0 Å². The third-order valence-corrected chi connectivity index (χ3v) is 1.83. The molecule has 3 nitrogen and oxygen atoms in total. The smallest absolute Gasteiger partial charge is 0.264 e. The lowest BCUT2D eigenvalue weighted by atomic mass is 10.1. The van der Waals surface area contributed by atoms with E-state index in [1.807, 2.05) is 6.92 Å². The van der Waals surface area contributed by atoms with Gasteiger partial charge >= 0.3 is 0 Å². The molecule has 0 rings (SSSR count). The number of primary amides is 1. The van der Waals surface area contributed by atoms with E-state index in [1.54, 1.807) is 7.05 Å². The van der Waals surface area contributed by atoms with Crippen LogP contribution in [0.2, 0.25) is 0 Å². The summed E-state index contributed by atoms with van der Waals surface area (Å²) in [6.07, 6.45) is 3.17. The summed E-state index contributed by atoms with van der Waals surface area (Å²) in [5.74, 6) is -0.369. The highest BCUT2D eigenvalue weighted by Crippen LogP contribution is 2.09. The van der Waals surface area contributed by atoms with E-state index in [-0.39, 0.29) is 5.91 Å². The highest BCUT2D eigenvalue weighted by molar-refractivity contribution is 5.91. The summed E-state index contributed by atoms with van der Waals surface area (Å²) in [5.41, 5.74) is 6.77. The molecule has 0 aliphatic heterocycles. The molecule has 1 amide bonds. The highest BCUT2D eigenvalue weighted by Gasteiger charge is 2.05. The van der Waals surface area contributed by atoms with Crippen molar-refractivity contribution in [1.82, 2.24) is 5.32 Å². The second-order valence-corrected chi connectivity index (χ2v) is 2.87. The molecule has 0 bridgehead atoms. The number of hydrogen-bond donors (Lipinski definition) is 2. The van der Waals surface area contributed by atoms with Crippen molar-refractivity contribution in [2.75, 3.05) is 7.05 Å². The van der Waals surface area contributed by atoms with Gasteiger partial charge in [-0.15, -0.1) is 0 Å². The molecule has 3 heteroatoms. The van der Waals surface area contributed by atoms with E-state index in [4.69, 9.17) is 5.73 Å². The fraction of sp³-hybridized carbons (Fsp3) is 0.667. The SMILES string of the molecule is CCCCC(C)=C(NC)C(N)=O. The Kier molecular flexibility index (Phi) is 5.17. The van der Waals surface area contributed by atoms with Crippen molar-refractivity contribution in [3.8, 4) is 0 Å². The summed E-state index contributed by atoms with van der Waals surface area (Å²) in [6, 6.07) is 0. The quantitative estimate of drug-likeness (QED) is 0.608. The van der Waals surface area contributed by atoms with E-state index >= 15 is 0 Å². The maximum atomic E-state index is 10.8. The largest absolute Gasteiger partial charge is 0.384 e. The molecular formula is C9H18N2O. The van der Waals surface area contributed by atoms with Gasteiger partial charge in [-0.1, -0.05) is 13.3 Å². The van der Waals surface area contributed by atoms with Crippen LogP contribution in [0.3, 0.4) is 0 Å². The number of nitrogens with two attached hydrogens (primary N) is 1. The number of nitrogens with one attached hydrogen (secondary N) is 1. The Morgan fingerprint density at radius 3 is 2.42 bits per heavy atom. The Hall–Kier alpha value is -0.990. The minimum Gasteiger partial charge on any atom is -0.384 e. The number of amides is 1. The van der Waals surface area contributed by atoms with Gasteiger partial charge in [-0.05, 0) is 25.3 Å². The first-order valence-corrected chi connectivity index (χ1v) is 4.30. The molecule has 0 aliphatic carbocycles. The number of carbonyl (C=O) groups is 1. The standard InChI is InChI=1S/C9H18N2O/c1-4-5-6-7(2)8(11-3)9(10)12/h11H,4-6H2,1-3H3,(H2,10,12). The first kappa shape index (κ1) is 11.0. The zero-order chi connectivity index (χ0) is 9.56. The van der Waals surface area contributed by atoms with Crippen LogP contribution in [0, 0.1) is 0 Å². The second kappa shape index (κ2) is 5.63. The Balaban J connectivity index is 4.27. The van der Waals surface area contributed by atoms with Crippen LogP contribution in [-0.4, -0.2) is 13.0 Å². The molecule has 0 fully saturated rings. The van der Waals surface area contributed by atoms with Crippen LogP contribution >= 0.6 is 0 Å². The molecule has 0 saturated heterocycles. The van der Waals surface area contributed by atoms with Gasteiger partial charge in [0.1, 0.15) is 0 Å². The number of allylic oxidation sites excluding steroid dienone is 1. The lowest BCUT2D eigenvalue weighted by Crippen LogP contribution is -2.24. The molecule has 0 aliphatic rings.